The van der Waals surface area contributed by atoms with Gasteiger partial charge in [-0.3, -0.25) is 14.5 Å². The molecule has 2 aromatic carbocycles. The molecular formula is C25H23N3O3. The van der Waals surface area contributed by atoms with Gasteiger partial charge >= 0.3 is 0 Å². The first kappa shape index (κ1) is 19.3. The summed E-state index contributed by atoms with van der Waals surface area (Å²) < 4.78 is 5.98. The SMILES string of the molecule is O=C(CCCN1C(=O)C(c2ccccc2)Oc2cccnc21)N1CCc2ccccc21. The quantitative estimate of drug-likeness (QED) is 0.636. The van der Waals surface area contributed by atoms with Crippen LogP contribution in [0.3, 0.4) is 0 Å². The third kappa shape index (κ3) is 3.65. The number of ether oxygens (including phenoxy) is 1. The zero-order valence-corrected chi connectivity index (χ0v) is 17.1. The van der Waals surface area contributed by atoms with E-state index in [1.54, 1.807) is 17.2 Å². The largest absolute Gasteiger partial charge is 0.472 e. The molecule has 3 aromatic rings. The third-order valence-electron chi connectivity index (χ3n) is 5.80. The second-order valence-electron chi connectivity index (χ2n) is 7.75. The van der Waals surface area contributed by atoms with E-state index in [1.165, 1.54) is 5.56 Å². The summed E-state index contributed by atoms with van der Waals surface area (Å²) in [6.07, 6.45) is 2.76. The molecule has 1 atom stereocenters. The second kappa shape index (κ2) is 8.22. The topological polar surface area (TPSA) is 62.7 Å². The number of fused-ring (bicyclic) bond motifs is 2. The number of amides is 2. The molecule has 0 N–H and O–H groups in total. The van der Waals surface area contributed by atoms with Gasteiger partial charge in [-0.05, 0) is 36.6 Å². The predicted octanol–water partition coefficient (Wildman–Crippen LogP) is 3.92. The molecule has 31 heavy (non-hydrogen) atoms. The molecule has 2 aliphatic heterocycles. The van der Waals surface area contributed by atoms with Crippen molar-refractivity contribution in [2.24, 2.45) is 0 Å². The summed E-state index contributed by atoms with van der Waals surface area (Å²) in [5.74, 6) is 1.03. The second-order valence-corrected chi connectivity index (χ2v) is 7.75. The fraction of sp³-hybridized carbons (Fsp3) is 0.240. The Hall–Kier alpha value is -3.67. The number of nitrogens with zero attached hydrogens (tertiary/aromatic N) is 3. The fourth-order valence-electron chi connectivity index (χ4n) is 4.28. The van der Waals surface area contributed by atoms with E-state index in [1.807, 2.05) is 59.5 Å². The van der Waals surface area contributed by atoms with Gasteiger partial charge in [0, 0.05) is 37.0 Å². The maximum atomic E-state index is 13.2. The van der Waals surface area contributed by atoms with E-state index >= 15 is 0 Å². The Balaban J connectivity index is 1.30. The maximum absolute atomic E-state index is 13.2. The number of hydrogen-bond donors (Lipinski definition) is 0. The standard InChI is InChI=1S/C25H23N3O3/c29-22(27-17-14-18-8-4-5-11-20(18)27)13-7-16-28-24-21(12-6-15-26-24)31-23(25(28)30)19-9-2-1-3-10-19/h1-6,8-12,15,23H,7,13-14,16-17H2. The lowest BCUT2D eigenvalue weighted by Gasteiger charge is -2.33. The minimum absolute atomic E-state index is 0.0894. The van der Waals surface area contributed by atoms with Crippen LogP contribution in [0.5, 0.6) is 5.75 Å². The maximum Gasteiger partial charge on any atom is 0.274 e. The highest BCUT2D eigenvalue weighted by Crippen LogP contribution is 2.37. The minimum atomic E-state index is -0.709. The third-order valence-corrected chi connectivity index (χ3v) is 5.80. The Kier molecular flexibility index (Phi) is 5.12. The molecular weight excluding hydrogens is 390 g/mol. The lowest BCUT2D eigenvalue weighted by atomic mass is 10.1. The van der Waals surface area contributed by atoms with Crippen molar-refractivity contribution in [2.75, 3.05) is 22.9 Å². The van der Waals surface area contributed by atoms with Crippen LogP contribution < -0.4 is 14.5 Å². The van der Waals surface area contributed by atoms with E-state index in [4.69, 9.17) is 4.74 Å². The van der Waals surface area contributed by atoms with Crippen molar-refractivity contribution in [2.45, 2.75) is 25.4 Å². The molecule has 0 spiro atoms. The summed E-state index contributed by atoms with van der Waals surface area (Å²) in [4.78, 5) is 34.0. The first-order chi connectivity index (χ1) is 15.2. The van der Waals surface area contributed by atoms with Gasteiger partial charge in [0.15, 0.2) is 11.6 Å². The lowest BCUT2D eigenvalue weighted by Crippen LogP contribution is -2.42. The van der Waals surface area contributed by atoms with Crippen molar-refractivity contribution in [1.82, 2.24) is 4.98 Å². The molecule has 0 saturated heterocycles. The van der Waals surface area contributed by atoms with Crippen LogP contribution in [0, 0.1) is 0 Å². The number of benzene rings is 2. The number of carbonyl (C=O) groups is 2. The van der Waals surface area contributed by atoms with Gasteiger partial charge in [0.25, 0.3) is 5.91 Å². The number of carbonyl (C=O) groups excluding carboxylic acids is 2. The summed E-state index contributed by atoms with van der Waals surface area (Å²) in [6.45, 7) is 1.13. The van der Waals surface area contributed by atoms with Crippen LogP contribution in [0.4, 0.5) is 11.5 Å². The van der Waals surface area contributed by atoms with E-state index in [2.05, 4.69) is 11.1 Å². The van der Waals surface area contributed by atoms with Gasteiger partial charge in [0.1, 0.15) is 0 Å². The number of rotatable bonds is 5. The van der Waals surface area contributed by atoms with Gasteiger partial charge in [0.05, 0.1) is 0 Å². The van der Waals surface area contributed by atoms with Crippen LogP contribution in [0.25, 0.3) is 0 Å². The molecule has 6 nitrogen and oxygen atoms in total. The molecule has 0 radical (unpaired) electrons. The van der Waals surface area contributed by atoms with Crippen molar-refractivity contribution in [3.05, 3.63) is 84.1 Å². The predicted molar refractivity (Wildman–Crippen MR) is 118 cm³/mol. The van der Waals surface area contributed by atoms with Gasteiger partial charge < -0.3 is 9.64 Å². The van der Waals surface area contributed by atoms with Crippen molar-refractivity contribution in [3.63, 3.8) is 0 Å². The number of pyridine rings is 1. The number of aromatic nitrogens is 1. The summed E-state index contributed by atoms with van der Waals surface area (Å²) in [5, 5.41) is 0. The Bertz CT molecular complexity index is 1120. The molecule has 1 unspecified atom stereocenters. The van der Waals surface area contributed by atoms with Crippen LogP contribution in [0.2, 0.25) is 0 Å². The van der Waals surface area contributed by atoms with Crippen molar-refractivity contribution in [1.29, 1.82) is 0 Å². The van der Waals surface area contributed by atoms with E-state index in [9.17, 15) is 9.59 Å². The van der Waals surface area contributed by atoms with Crippen LogP contribution in [-0.4, -0.2) is 29.9 Å². The number of hydrogen-bond acceptors (Lipinski definition) is 4. The van der Waals surface area contributed by atoms with Crippen molar-refractivity contribution >= 4 is 23.3 Å². The zero-order valence-electron chi connectivity index (χ0n) is 17.1. The van der Waals surface area contributed by atoms with E-state index in [-0.39, 0.29) is 11.8 Å². The fourth-order valence-corrected chi connectivity index (χ4v) is 4.28. The molecule has 5 rings (SSSR count). The molecule has 6 heteroatoms. The summed E-state index contributed by atoms with van der Waals surface area (Å²) in [7, 11) is 0. The van der Waals surface area contributed by atoms with E-state index in [0.717, 1.165) is 24.2 Å². The Morgan fingerprint density at radius 1 is 1.03 bits per heavy atom. The number of anilines is 2. The molecule has 2 amide bonds. The van der Waals surface area contributed by atoms with Crippen LogP contribution in [0.15, 0.2) is 72.9 Å². The van der Waals surface area contributed by atoms with Crippen LogP contribution >= 0.6 is 0 Å². The molecule has 0 bridgehead atoms. The first-order valence-corrected chi connectivity index (χ1v) is 10.6. The normalized spacial score (nSPS) is 17.2. The summed E-state index contributed by atoms with van der Waals surface area (Å²) in [6, 6.07) is 21.1. The highest BCUT2D eigenvalue weighted by molar-refractivity contribution is 6.00. The van der Waals surface area contributed by atoms with Gasteiger partial charge in [0.2, 0.25) is 12.0 Å². The molecule has 3 heterocycles. The zero-order chi connectivity index (χ0) is 21.2. The number of para-hydroxylation sites is 1. The van der Waals surface area contributed by atoms with Gasteiger partial charge in [-0.2, -0.15) is 0 Å². The van der Waals surface area contributed by atoms with Gasteiger partial charge in [-0.1, -0.05) is 48.5 Å². The van der Waals surface area contributed by atoms with Crippen molar-refractivity contribution < 1.29 is 14.3 Å². The Labute approximate surface area is 181 Å². The minimum Gasteiger partial charge on any atom is -0.472 e. The lowest BCUT2D eigenvalue weighted by molar-refractivity contribution is -0.127. The highest BCUT2D eigenvalue weighted by atomic mass is 16.5. The van der Waals surface area contributed by atoms with E-state index < -0.39 is 6.10 Å². The monoisotopic (exact) mass is 413 g/mol. The smallest absolute Gasteiger partial charge is 0.274 e. The molecule has 2 aliphatic rings. The Morgan fingerprint density at radius 3 is 2.71 bits per heavy atom. The average Bonchev–Trinajstić information content (AvgIpc) is 3.25. The molecule has 1 aromatic heterocycles. The molecule has 156 valence electrons. The van der Waals surface area contributed by atoms with Crippen LogP contribution in [-0.2, 0) is 16.0 Å². The summed E-state index contributed by atoms with van der Waals surface area (Å²) in [5.41, 5.74) is 3.02. The summed E-state index contributed by atoms with van der Waals surface area (Å²) >= 11 is 0. The highest BCUT2D eigenvalue weighted by Gasteiger charge is 2.36. The van der Waals surface area contributed by atoms with E-state index in [0.29, 0.717) is 31.0 Å². The first-order valence-electron chi connectivity index (χ1n) is 10.6. The molecule has 0 saturated carbocycles. The van der Waals surface area contributed by atoms with Gasteiger partial charge in [-0.15, -0.1) is 0 Å². The van der Waals surface area contributed by atoms with Crippen molar-refractivity contribution in [3.8, 4) is 5.75 Å². The molecule has 0 fully saturated rings. The van der Waals surface area contributed by atoms with Crippen LogP contribution in [0.1, 0.15) is 30.1 Å². The van der Waals surface area contributed by atoms with Gasteiger partial charge in [-0.25, -0.2) is 4.98 Å². The Morgan fingerprint density at radius 2 is 1.84 bits per heavy atom. The average molecular weight is 413 g/mol. The molecule has 0 aliphatic carbocycles.